The summed E-state index contributed by atoms with van der Waals surface area (Å²) < 4.78 is 1.43. The Kier molecular flexibility index (Phi) is 9.02. The van der Waals surface area contributed by atoms with Crippen molar-refractivity contribution in [1.82, 2.24) is 15.1 Å². The Morgan fingerprint density at radius 2 is 1.70 bits per heavy atom. The van der Waals surface area contributed by atoms with Crippen molar-refractivity contribution in [2.24, 2.45) is 0 Å². The molecule has 0 aliphatic heterocycles. The molecule has 0 saturated heterocycles. The molecule has 0 saturated carbocycles. The van der Waals surface area contributed by atoms with E-state index in [2.05, 4.69) is 22.7 Å². The van der Waals surface area contributed by atoms with Crippen LogP contribution in [-0.4, -0.2) is 22.2 Å². The highest BCUT2D eigenvalue weighted by Gasteiger charge is 2.17. The molecule has 0 unspecified atom stereocenters. The second-order valence-electron chi connectivity index (χ2n) is 7.02. The summed E-state index contributed by atoms with van der Waals surface area (Å²) in [6.45, 7) is 6.17. The van der Waals surface area contributed by atoms with Gasteiger partial charge in [-0.05, 0) is 30.7 Å². The fourth-order valence-electron chi connectivity index (χ4n) is 3.30. The van der Waals surface area contributed by atoms with Crippen LogP contribution in [0.4, 0.5) is 5.69 Å². The number of unbranched alkanes of at least 4 members (excludes halogenated alkanes) is 2. The van der Waals surface area contributed by atoms with Crippen LogP contribution in [0.15, 0.2) is 53.3 Å². The van der Waals surface area contributed by atoms with E-state index < -0.39 is 0 Å². The largest absolute Gasteiger partial charge is 0.320 e. The molecule has 1 amide bonds. The molecule has 7 heteroatoms. The molecule has 3 aromatic rings. The number of aryl methyl sites for hydroxylation is 1. The molecule has 0 atom stereocenters. The van der Waals surface area contributed by atoms with Crippen molar-refractivity contribution in [3.8, 4) is 0 Å². The molecular weight excluding hydrogens is 400 g/mol. The van der Waals surface area contributed by atoms with Gasteiger partial charge in [0.25, 0.3) is 11.5 Å². The van der Waals surface area contributed by atoms with Gasteiger partial charge in [-0.3, -0.25) is 9.59 Å². The van der Waals surface area contributed by atoms with E-state index in [4.69, 9.17) is 0 Å². The second-order valence-corrected chi connectivity index (χ2v) is 7.02. The van der Waals surface area contributed by atoms with E-state index >= 15 is 0 Å². The molecule has 0 fully saturated rings. The summed E-state index contributed by atoms with van der Waals surface area (Å²) in [5, 5.41) is 11.8. The minimum atomic E-state index is -0.311. The van der Waals surface area contributed by atoms with Crippen LogP contribution in [0.25, 0.3) is 10.8 Å². The van der Waals surface area contributed by atoms with Crippen molar-refractivity contribution in [2.45, 2.75) is 46.2 Å². The summed E-state index contributed by atoms with van der Waals surface area (Å²) in [7, 11) is 0. The van der Waals surface area contributed by atoms with Crippen molar-refractivity contribution in [3.05, 3.63) is 70.1 Å². The summed E-state index contributed by atoms with van der Waals surface area (Å²) >= 11 is 0. The third-order valence-corrected chi connectivity index (χ3v) is 4.89. The summed E-state index contributed by atoms with van der Waals surface area (Å²) in [6, 6.07) is 14.9. The molecule has 30 heavy (non-hydrogen) atoms. The second kappa shape index (κ2) is 11.5. The molecule has 0 bridgehead atoms. The Hall–Kier alpha value is -2.70. The molecule has 160 valence electrons. The predicted molar refractivity (Wildman–Crippen MR) is 125 cm³/mol. The zero-order valence-electron chi connectivity index (χ0n) is 17.5. The molecule has 0 spiro atoms. The van der Waals surface area contributed by atoms with Gasteiger partial charge in [0.15, 0.2) is 5.69 Å². The fraction of sp³-hybridized carbons (Fsp3) is 0.348. The first-order valence-corrected chi connectivity index (χ1v) is 10.3. The normalized spacial score (nSPS) is 10.6. The summed E-state index contributed by atoms with van der Waals surface area (Å²) in [6.07, 6.45) is 2.92. The van der Waals surface area contributed by atoms with Gasteiger partial charge in [0.1, 0.15) is 0 Å². The molecule has 2 N–H and O–H groups in total. The lowest BCUT2D eigenvalue weighted by Gasteiger charge is -2.13. The number of anilines is 1. The topological polar surface area (TPSA) is 76.0 Å². The molecule has 3 rings (SSSR count). The molecule has 1 heterocycles. The Morgan fingerprint density at radius 3 is 2.43 bits per heavy atom. The number of nitrogens with one attached hydrogen (secondary N) is 2. The molecule has 0 aliphatic rings. The number of halogens is 1. The number of carbonyl (C=O) groups is 1. The SMILES string of the molecule is CCCCCn1nc(C(=O)Nc2ccccc2CNCC)c2ccccc2c1=O.Cl. The summed E-state index contributed by atoms with van der Waals surface area (Å²) in [4.78, 5) is 25.9. The van der Waals surface area contributed by atoms with E-state index in [9.17, 15) is 9.59 Å². The lowest BCUT2D eigenvalue weighted by molar-refractivity contribution is 0.102. The first-order chi connectivity index (χ1) is 14.2. The van der Waals surface area contributed by atoms with Crippen LogP contribution in [-0.2, 0) is 13.1 Å². The number of aromatic nitrogens is 2. The predicted octanol–water partition coefficient (Wildman–Crippen LogP) is 4.37. The van der Waals surface area contributed by atoms with E-state index in [1.807, 2.05) is 43.3 Å². The van der Waals surface area contributed by atoms with E-state index in [0.29, 0.717) is 23.9 Å². The molecular formula is C23H29ClN4O2. The van der Waals surface area contributed by atoms with Crippen molar-refractivity contribution >= 4 is 34.8 Å². The van der Waals surface area contributed by atoms with Crippen LogP contribution in [0.2, 0.25) is 0 Å². The average Bonchev–Trinajstić information content (AvgIpc) is 2.75. The van der Waals surface area contributed by atoms with Crippen LogP contribution in [0, 0.1) is 0 Å². The fourth-order valence-corrected chi connectivity index (χ4v) is 3.30. The van der Waals surface area contributed by atoms with Gasteiger partial charge < -0.3 is 10.6 Å². The van der Waals surface area contributed by atoms with Gasteiger partial charge in [0, 0.05) is 24.2 Å². The van der Waals surface area contributed by atoms with E-state index in [1.54, 1.807) is 12.1 Å². The number of benzene rings is 2. The van der Waals surface area contributed by atoms with Crippen LogP contribution < -0.4 is 16.2 Å². The van der Waals surface area contributed by atoms with Gasteiger partial charge in [0.05, 0.1) is 5.39 Å². The average molecular weight is 429 g/mol. The molecule has 0 aliphatic carbocycles. The Bertz CT molecular complexity index is 1050. The minimum Gasteiger partial charge on any atom is -0.320 e. The van der Waals surface area contributed by atoms with Crippen molar-refractivity contribution in [2.75, 3.05) is 11.9 Å². The van der Waals surface area contributed by atoms with Crippen molar-refractivity contribution < 1.29 is 4.79 Å². The van der Waals surface area contributed by atoms with Crippen LogP contribution in [0.1, 0.15) is 49.2 Å². The van der Waals surface area contributed by atoms with Crippen LogP contribution in [0.5, 0.6) is 0 Å². The molecule has 0 radical (unpaired) electrons. The number of hydrogen-bond acceptors (Lipinski definition) is 4. The van der Waals surface area contributed by atoms with E-state index in [1.165, 1.54) is 4.68 Å². The molecule has 2 aromatic carbocycles. The van der Waals surface area contributed by atoms with E-state index in [-0.39, 0.29) is 29.6 Å². The molecule has 1 aromatic heterocycles. The summed E-state index contributed by atoms with van der Waals surface area (Å²) in [5.41, 5.74) is 1.87. The number of nitrogens with zero attached hydrogens (tertiary/aromatic N) is 2. The third kappa shape index (κ3) is 5.46. The van der Waals surface area contributed by atoms with Gasteiger partial charge in [0.2, 0.25) is 0 Å². The number of hydrogen-bond donors (Lipinski definition) is 2. The maximum atomic E-state index is 13.1. The lowest BCUT2D eigenvalue weighted by Crippen LogP contribution is -2.28. The zero-order valence-corrected chi connectivity index (χ0v) is 18.3. The van der Waals surface area contributed by atoms with E-state index in [0.717, 1.165) is 37.1 Å². The van der Waals surface area contributed by atoms with Gasteiger partial charge in [-0.2, -0.15) is 5.10 Å². The first-order valence-electron chi connectivity index (χ1n) is 10.3. The quantitative estimate of drug-likeness (QED) is 0.496. The Morgan fingerprint density at radius 1 is 1.00 bits per heavy atom. The highest BCUT2D eigenvalue weighted by atomic mass is 35.5. The van der Waals surface area contributed by atoms with Gasteiger partial charge >= 0.3 is 0 Å². The number of amides is 1. The highest BCUT2D eigenvalue weighted by molar-refractivity contribution is 6.11. The third-order valence-electron chi connectivity index (χ3n) is 4.89. The molecule has 6 nitrogen and oxygen atoms in total. The first kappa shape index (κ1) is 23.6. The lowest BCUT2D eigenvalue weighted by atomic mass is 10.1. The van der Waals surface area contributed by atoms with Gasteiger partial charge in [-0.25, -0.2) is 4.68 Å². The maximum Gasteiger partial charge on any atom is 0.276 e. The van der Waals surface area contributed by atoms with Gasteiger partial charge in [-0.15, -0.1) is 12.4 Å². The van der Waals surface area contributed by atoms with Crippen molar-refractivity contribution in [3.63, 3.8) is 0 Å². The smallest absolute Gasteiger partial charge is 0.276 e. The zero-order chi connectivity index (χ0) is 20.6. The number of rotatable bonds is 9. The van der Waals surface area contributed by atoms with Crippen molar-refractivity contribution in [1.29, 1.82) is 0 Å². The monoisotopic (exact) mass is 428 g/mol. The Labute approximate surface area is 183 Å². The summed E-state index contributed by atoms with van der Waals surface area (Å²) in [5.74, 6) is -0.311. The standard InChI is InChI=1S/C23H28N4O2.ClH/c1-3-5-10-15-27-23(29)19-13-8-7-12-18(19)21(26-27)22(28)25-20-14-9-6-11-17(20)16-24-4-2;/h6-9,11-14,24H,3-5,10,15-16H2,1-2H3,(H,25,28);1H. The Balaban J connectivity index is 0.00000320. The highest BCUT2D eigenvalue weighted by Crippen LogP contribution is 2.19. The number of carbonyl (C=O) groups excluding carboxylic acids is 1. The number of para-hydroxylation sites is 1. The van der Waals surface area contributed by atoms with Gasteiger partial charge in [-0.1, -0.05) is 63.1 Å². The maximum absolute atomic E-state index is 13.1. The number of fused-ring (bicyclic) bond motifs is 1. The van der Waals surface area contributed by atoms with Crippen LogP contribution in [0.3, 0.4) is 0 Å². The van der Waals surface area contributed by atoms with Crippen LogP contribution >= 0.6 is 12.4 Å². The minimum absolute atomic E-state index is 0.